The third-order valence-corrected chi connectivity index (χ3v) is 8.70. The summed E-state index contributed by atoms with van der Waals surface area (Å²) in [5.41, 5.74) is 0.592. The van der Waals surface area contributed by atoms with Crippen LogP contribution in [0.15, 0.2) is 32.3 Å². The Morgan fingerprint density at radius 3 is 2.50 bits per heavy atom. The van der Waals surface area contributed by atoms with Gasteiger partial charge in [0.2, 0.25) is 15.9 Å². The average Bonchev–Trinajstić information content (AvgIpc) is 3.03. The maximum atomic E-state index is 13.2. The van der Waals surface area contributed by atoms with Crippen LogP contribution in [0, 0.1) is 17.8 Å². The van der Waals surface area contributed by atoms with E-state index < -0.39 is 15.8 Å². The number of sulfonamides is 1. The van der Waals surface area contributed by atoms with Crippen LogP contribution in [0.5, 0.6) is 0 Å². The van der Waals surface area contributed by atoms with Crippen molar-refractivity contribution in [3.63, 3.8) is 0 Å². The topological polar surface area (TPSA) is 102 Å². The van der Waals surface area contributed by atoms with Gasteiger partial charge in [-0.2, -0.15) is 4.31 Å². The monoisotopic (exact) mass is 463 g/mol. The Balaban J connectivity index is 1.55. The number of nitrogens with zero attached hydrogens (tertiary/aromatic N) is 2. The van der Waals surface area contributed by atoms with Gasteiger partial charge in [-0.1, -0.05) is 33.6 Å². The highest BCUT2D eigenvalue weighted by atomic mass is 32.2. The third kappa shape index (κ3) is 4.64. The highest BCUT2D eigenvalue weighted by molar-refractivity contribution is 7.89. The number of piperidine rings is 1. The van der Waals surface area contributed by atoms with Crippen LogP contribution in [0.1, 0.15) is 52.9 Å². The van der Waals surface area contributed by atoms with Crippen molar-refractivity contribution in [2.45, 2.75) is 70.4 Å². The number of carbonyl (C=O) groups excluding carboxylic acids is 1. The highest BCUT2D eigenvalue weighted by Gasteiger charge is 2.32. The van der Waals surface area contributed by atoms with Crippen LogP contribution in [-0.2, 0) is 21.4 Å². The van der Waals surface area contributed by atoms with Crippen molar-refractivity contribution in [1.29, 1.82) is 0 Å². The molecule has 1 aromatic carbocycles. The number of oxazole rings is 1. The van der Waals surface area contributed by atoms with E-state index in [2.05, 4.69) is 26.1 Å². The van der Waals surface area contributed by atoms with E-state index >= 15 is 0 Å². The van der Waals surface area contributed by atoms with Crippen LogP contribution in [0.3, 0.4) is 0 Å². The van der Waals surface area contributed by atoms with Gasteiger partial charge in [-0.05, 0) is 49.1 Å². The smallest absolute Gasteiger partial charge is 0.408 e. The van der Waals surface area contributed by atoms with Crippen molar-refractivity contribution in [2.75, 3.05) is 13.1 Å². The molecule has 4 rings (SSSR count). The van der Waals surface area contributed by atoms with Gasteiger partial charge in [-0.3, -0.25) is 9.36 Å². The first kappa shape index (κ1) is 23.0. The van der Waals surface area contributed by atoms with Gasteiger partial charge in [-0.15, -0.1) is 0 Å². The van der Waals surface area contributed by atoms with Crippen LogP contribution < -0.4 is 11.1 Å². The molecule has 32 heavy (non-hydrogen) atoms. The van der Waals surface area contributed by atoms with Crippen LogP contribution in [0.2, 0.25) is 0 Å². The lowest BCUT2D eigenvalue weighted by atomic mass is 9.86. The molecule has 1 aliphatic carbocycles. The van der Waals surface area contributed by atoms with Crippen molar-refractivity contribution in [3.05, 3.63) is 28.7 Å². The van der Waals surface area contributed by atoms with E-state index in [1.165, 1.54) is 27.4 Å². The van der Waals surface area contributed by atoms with E-state index in [0.717, 1.165) is 25.7 Å². The summed E-state index contributed by atoms with van der Waals surface area (Å²) in [4.78, 5) is 25.1. The van der Waals surface area contributed by atoms with Gasteiger partial charge in [0, 0.05) is 25.2 Å². The number of carbonyl (C=O) groups is 1. The second kappa shape index (κ2) is 9.02. The molecule has 0 spiro atoms. The molecule has 0 radical (unpaired) electrons. The van der Waals surface area contributed by atoms with E-state index in [9.17, 15) is 18.0 Å². The minimum atomic E-state index is -3.69. The molecule has 0 unspecified atom stereocenters. The normalized spacial score (nSPS) is 27.5. The molecule has 4 atom stereocenters. The van der Waals surface area contributed by atoms with Gasteiger partial charge in [-0.25, -0.2) is 13.2 Å². The fourth-order valence-electron chi connectivity index (χ4n) is 5.23. The zero-order chi connectivity index (χ0) is 23.0. The average molecular weight is 464 g/mol. The molecule has 8 nitrogen and oxygen atoms in total. The number of aromatic nitrogens is 1. The lowest BCUT2D eigenvalue weighted by Gasteiger charge is -2.34. The van der Waals surface area contributed by atoms with Crippen LogP contribution in [0.4, 0.5) is 0 Å². The van der Waals surface area contributed by atoms with E-state index in [1.807, 2.05) is 0 Å². The molecule has 9 heteroatoms. The first-order valence-electron chi connectivity index (χ1n) is 11.6. The van der Waals surface area contributed by atoms with Gasteiger partial charge in [0.15, 0.2) is 5.58 Å². The van der Waals surface area contributed by atoms with Gasteiger partial charge in [0.25, 0.3) is 0 Å². The van der Waals surface area contributed by atoms with E-state index in [4.69, 9.17) is 4.42 Å². The molecular formula is C23H33N3O5S. The molecule has 2 aliphatic rings. The first-order valence-corrected chi connectivity index (χ1v) is 13.0. The molecule has 1 amide bonds. The number of hydrogen-bond donors (Lipinski definition) is 1. The van der Waals surface area contributed by atoms with Crippen molar-refractivity contribution in [1.82, 2.24) is 14.2 Å². The van der Waals surface area contributed by atoms with Crippen molar-refractivity contribution >= 4 is 27.0 Å². The second-order valence-corrected chi connectivity index (χ2v) is 11.7. The maximum absolute atomic E-state index is 13.2. The number of nitrogens with one attached hydrogen (secondary N) is 1. The molecule has 1 saturated carbocycles. The summed E-state index contributed by atoms with van der Waals surface area (Å²) in [6.07, 6.45) is 5.31. The number of hydrogen-bond acceptors (Lipinski definition) is 5. The standard InChI is InChI=1S/C23H33N3O5S/c1-15-10-16(2)13-25(12-15)32(29,30)18-8-9-20-21(11-18)31-23(28)26(20)14-22(27)24-19-7-5-4-6-17(19)3/h8-9,11,15-17,19H,4-7,10,12-14H2,1-3H3,(H,24,27)/t15-,16-,17-,19+/m0/s1. The minimum Gasteiger partial charge on any atom is -0.408 e. The summed E-state index contributed by atoms with van der Waals surface area (Å²) in [6, 6.07) is 4.57. The minimum absolute atomic E-state index is 0.104. The Labute approximate surface area is 189 Å². The summed E-state index contributed by atoms with van der Waals surface area (Å²) in [5.74, 6) is 0.102. The van der Waals surface area contributed by atoms with Crippen molar-refractivity contribution in [3.8, 4) is 0 Å². The van der Waals surface area contributed by atoms with Gasteiger partial charge < -0.3 is 9.73 Å². The molecule has 2 aromatic rings. The highest BCUT2D eigenvalue weighted by Crippen LogP contribution is 2.28. The number of fused-ring (bicyclic) bond motifs is 1. The van der Waals surface area contributed by atoms with E-state index in [-0.39, 0.29) is 29.0 Å². The maximum Gasteiger partial charge on any atom is 0.420 e. The zero-order valence-electron chi connectivity index (χ0n) is 19.0. The molecule has 2 heterocycles. The predicted octanol–water partition coefficient (Wildman–Crippen LogP) is 2.96. The Hall–Kier alpha value is -2.13. The molecule has 1 N–H and O–H groups in total. The third-order valence-electron chi connectivity index (χ3n) is 6.87. The Kier molecular flexibility index (Phi) is 6.49. The quantitative estimate of drug-likeness (QED) is 0.735. The molecule has 176 valence electrons. The van der Waals surface area contributed by atoms with Gasteiger partial charge >= 0.3 is 5.76 Å². The molecular weight excluding hydrogens is 430 g/mol. The largest absolute Gasteiger partial charge is 0.420 e. The Bertz CT molecular complexity index is 1140. The van der Waals surface area contributed by atoms with Crippen molar-refractivity contribution in [2.24, 2.45) is 17.8 Å². The lowest BCUT2D eigenvalue weighted by molar-refractivity contribution is -0.123. The number of benzene rings is 1. The first-order chi connectivity index (χ1) is 15.1. The summed E-state index contributed by atoms with van der Waals surface area (Å²) in [5, 5.41) is 3.04. The van der Waals surface area contributed by atoms with E-state index in [1.54, 1.807) is 6.07 Å². The van der Waals surface area contributed by atoms with Gasteiger partial charge in [0.05, 0.1) is 10.4 Å². The fraction of sp³-hybridized carbons (Fsp3) is 0.652. The SMILES string of the molecule is C[C@H]1C[C@H](C)CN(S(=O)(=O)c2ccc3c(c2)oc(=O)n3CC(=O)N[C@@H]2CCCC[C@@H]2C)C1. The predicted molar refractivity (Wildman–Crippen MR) is 122 cm³/mol. The van der Waals surface area contributed by atoms with Crippen LogP contribution >= 0.6 is 0 Å². The van der Waals surface area contributed by atoms with Crippen molar-refractivity contribution < 1.29 is 17.6 Å². The lowest BCUT2D eigenvalue weighted by Crippen LogP contribution is -2.43. The number of rotatable bonds is 5. The summed E-state index contributed by atoms with van der Waals surface area (Å²) in [7, 11) is -3.69. The number of amides is 1. The fourth-order valence-corrected chi connectivity index (χ4v) is 6.93. The summed E-state index contributed by atoms with van der Waals surface area (Å²) in [6.45, 7) is 7.06. The molecule has 2 fully saturated rings. The molecule has 1 aromatic heterocycles. The summed E-state index contributed by atoms with van der Waals surface area (Å²) < 4.78 is 34.5. The molecule has 1 aliphatic heterocycles. The molecule has 0 bridgehead atoms. The van der Waals surface area contributed by atoms with Gasteiger partial charge in [0.1, 0.15) is 6.54 Å². The van der Waals surface area contributed by atoms with Crippen LogP contribution in [0.25, 0.3) is 11.1 Å². The zero-order valence-corrected chi connectivity index (χ0v) is 19.9. The summed E-state index contributed by atoms with van der Waals surface area (Å²) >= 11 is 0. The molecule has 1 saturated heterocycles. The van der Waals surface area contributed by atoms with Crippen LogP contribution in [-0.4, -0.2) is 42.3 Å². The Morgan fingerprint density at radius 1 is 1.12 bits per heavy atom. The van der Waals surface area contributed by atoms with E-state index in [0.29, 0.717) is 36.4 Å². The Morgan fingerprint density at radius 2 is 1.81 bits per heavy atom. The second-order valence-electron chi connectivity index (χ2n) is 9.79.